The number of nitrogens with one attached hydrogen (secondary N) is 1. The zero-order valence-electron chi connectivity index (χ0n) is 11.6. The molecule has 1 aromatic carbocycles. The third-order valence-corrected chi connectivity index (χ3v) is 3.49. The molecule has 0 spiro atoms. The maximum Gasteiger partial charge on any atom is 0.130 e. The molecule has 0 aliphatic rings. The Morgan fingerprint density at radius 3 is 2.33 bits per heavy atom. The predicted octanol–water partition coefficient (Wildman–Crippen LogP) is 4.30. The first-order chi connectivity index (χ1) is 8.47. The molecule has 0 aromatic heterocycles. The summed E-state index contributed by atoms with van der Waals surface area (Å²) >= 11 is 0. The van der Waals surface area contributed by atoms with Crippen LogP contribution in [0.3, 0.4) is 0 Å². The van der Waals surface area contributed by atoms with E-state index in [0.717, 1.165) is 19.0 Å². The number of hydrogen-bond donors (Lipinski definition) is 1. The smallest absolute Gasteiger partial charge is 0.130 e. The summed E-state index contributed by atoms with van der Waals surface area (Å²) in [6.07, 6.45) is 0.990. The van der Waals surface area contributed by atoms with E-state index in [1.54, 1.807) is 6.07 Å². The second-order valence-corrected chi connectivity index (χ2v) is 5.20. The maximum absolute atomic E-state index is 13.9. The van der Waals surface area contributed by atoms with Gasteiger partial charge in [-0.3, -0.25) is 0 Å². The van der Waals surface area contributed by atoms with Gasteiger partial charge < -0.3 is 5.32 Å². The molecule has 18 heavy (non-hydrogen) atoms. The molecular weight excluding hydrogens is 232 g/mol. The van der Waals surface area contributed by atoms with Crippen molar-refractivity contribution in [3.63, 3.8) is 0 Å². The van der Waals surface area contributed by atoms with E-state index in [0.29, 0.717) is 11.5 Å². The number of rotatable bonds is 6. The molecule has 1 nitrogen and oxygen atoms in total. The van der Waals surface area contributed by atoms with Crippen LogP contribution in [0.15, 0.2) is 18.2 Å². The Morgan fingerprint density at radius 2 is 1.83 bits per heavy atom. The lowest BCUT2D eigenvalue weighted by Crippen LogP contribution is -2.31. The number of benzene rings is 1. The molecule has 0 aliphatic carbocycles. The fraction of sp³-hybridized carbons (Fsp3) is 0.600. The summed E-state index contributed by atoms with van der Waals surface area (Å²) in [5.41, 5.74) is 0.561. The molecule has 1 rings (SSSR count). The van der Waals surface area contributed by atoms with Gasteiger partial charge in [0, 0.05) is 17.7 Å². The van der Waals surface area contributed by atoms with E-state index in [1.807, 2.05) is 0 Å². The lowest BCUT2D eigenvalue weighted by molar-refractivity contribution is 0.297. The van der Waals surface area contributed by atoms with E-state index in [4.69, 9.17) is 0 Å². The molecule has 1 aromatic rings. The lowest BCUT2D eigenvalue weighted by Gasteiger charge is -2.28. The molecule has 0 radical (unpaired) electrons. The van der Waals surface area contributed by atoms with Crippen LogP contribution in [0, 0.1) is 23.5 Å². The van der Waals surface area contributed by atoms with Crippen LogP contribution >= 0.6 is 0 Å². The summed E-state index contributed by atoms with van der Waals surface area (Å²) in [5.74, 6) is -0.265. The first-order valence-corrected chi connectivity index (χ1v) is 6.65. The molecule has 2 unspecified atom stereocenters. The zero-order chi connectivity index (χ0) is 13.7. The van der Waals surface area contributed by atoms with Crippen LogP contribution in [0.5, 0.6) is 0 Å². The summed E-state index contributed by atoms with van der Waals surface area (Å²) in [6, 6.07) is 3.77. The largest absolute Gasteiger partial charge is 0.310 e. The summed E-state index contributed by atoms with van der Waals surface area (Å²) in [6.45, 7) is 9.24. The van der Waals surface area contributed by atoms with Crippen molar-refractivity contribution in [2.24, 2.45) is 11.8 Å². The Bertz CT molecular complexity index is 377. The first-order valence-electron chi connectivity index (χ1n) is 6.65. The van der Waals surface area contributed by atoms with Crippen LogP contribution < -0.4 is 5.32 Å². The average Bonchev–Trinajstić information content (AvgIpc) is 2.31. The monoisotopic (exact) mass is 255 g/mol. The minimum absolute atomic E-state index is 0.0643. The summed E-state index contributed by atoms with van der Waals surface area (Å²) < 4.78 is 26.8. The summed E-state index contributed by atoms with van der Waals surface area (Å²) in [4.78, 5) is 0. The molecule has 2 atom stereocenters. The van der Waals surface area contributed by atoms with Gasteiger partial charge in [0.2, 0.25) is 0 Å². The molecule has 0 saturated carbocycles. The minimum Gasteiger partial charge on any atom is -0.310 e. The zero-order valence-corrected chi connectivity index (χ0v) is 11.6. The van der Waals surface area contributed by atoms with E-state index in [-0.39, 0.29) is 12.0 Å². The van der Waals surface area contributed by atoms with E-state index >= 15 is 0 Å². The van der Waals surface area contributed by atoms with E-state index in [9.17, 15) is 8.78 Å². The van der Waals surface area contributed by atoms with Crippen molar-refractivity contribution >= 4 is 0 Å². The van der Waals surface area contributed by atoms with Gasteiger partial charge in [-0.25, -0.2) is 8.78 Å². The predicted molar refractivity (Wildman–Crippen MR) is 71.4 cm³/mol. The highest BCUT2D eigenvalue weighted by molar-refractivity contribution is 5.23. The molecule has 0 saturated heterocycles. The van der Waals surface area contributed by atoms with Gasteiger partial charge in [0.1, 0.15) is 11.6 Å². The van der Waals surface area contributed by atoms with Crippen LogP contribution in [0.25, 0.3) is 0 Å². The van der Waals surface area contributed by atoms with E-state index in [1.165, 1.54) is 6.07 Å². The van der Waals surface area contributed by atoms with Gasteiger partial charge in [-0.1, -0.05) is 33.8 Å². The van der Waals surface area contributed by atoms with Crippen molar-refractivity contribution in [3.05, 3.63) is 35.4 Å². The summed E-state index contributed by atoms with van der Waals surface area (Å²) in [7, 11) is 0. The Labute approximate surface area is 109 Å². The third-order valence-electron chi connectivity index (χ3n) is 3.49. The highest BCUT2D eigenvalue weighted by atomic mass is 19.1. The lowest BCUT2D eigenvalue weighted by atomic mass is 9.85. The average molecular weight is 255 g/mol. The Balaban J connectivity index is 3.00. The highest BCUT2D eigenvalue weighted by Crippen LogP contribution is 2.29. The molecular formula is C15H23F2N. The first kappa shape index (κ1) is 15.1. The van der Waals surface area contributed by atoms with Gasteiger partial charge in [0.15, 0.2) is 0 Å². The van der Waals surface area contributed by atoms with E-state index in [2.05, 4.69) is 33.0 Å². The highest BCUT2D eigenvalue weighted by Gasteiger charge is 2.24. The van der Waals surface area contributed by atoms with Crippen LogP contribution in [-0.2, 0) is 0 Å². The van der Waals surface area contributed by atoms with Crippen molar-refractivity contribution in [3.8, 4) is 0 Å². The number of hydrogen-bond acceptors (Lipinski definition) is 1. The van der Waals surface area contributed by atoms with Crippen molar-refractivity contribution in [1.82, 2.24) is 5.32 Å². The molecule has 0 amide bonds. The normalized spacial score (nSPS) is 14.8. The maximum atomic E-state index is 13.9. The molecule has 3 heteroatoms. The second-order valence-electron chi connectivity index (χ2n) is 5.20. The van der Waals surface area contributed by atoms with Gasteiger partial charge in [-0.05, 0) is 30.9 Å². The van der Waals surface area contributed by atoms with Crippen LogP contribution in [0.2, 0.25) is 0 Å². The molecule has 1 N–H and O–H groups in total. The second kappa shape index (κ2) is 6.83. The fourth-order valence-corrected chi connectivity index (χ4v) is 2.02. The van der Waals surface area contributed by atoms with Crippen LogP contribution in [-0.4, -0.2) is 6.54 Å². The van der Waals surface area contributed by atoms with Crippen molar-refractivity contribution < 1.29 is 8.78 Å². The quantitative estimate of drug-likeness (QED) is 0.799. The number of halogens is 2. The minimum atomic E-state index is -0.525. The van der Waals surface area contributed by atoms with Gasteiger partial charge in [0.05, 0.1) is 0 Å². The fourth-order valence-electron chi connectivity index (χ4n) is 2.02. The van der Waals surface area contributed by atoms with Gasteiger partial charge in [-0.2, -0.15) is 0 Å². The van der Waals surface area contributed by atoms with Crippen LogP contribution in [0.1, 0.15) is 45.7 Å². The SMILES string of the molecule is CCCNC(c1ccc(F)cc1F)C(C)C(C)C. The van der Waals surface area contributed by atoms with Crippen molar-refractivity contribution in [1.29, 1.82) is 0 Å². The van der Waals surface area contributed by atoms with Crippen LogP contribution in [0.4, 0.5) is 8.78 Å². The van der Waals surface area contributed by atoms with E-state index < -0.39 is 11.6 Å². The molecule has 0 fully saturated rings. The van der Waals surface area contributed by atoms with Gasteiger partial charge >= 0.3 is 0 Å². The van der Waals surface area contributed by atoms with Crippen molar-refractivity contribution in [2.45, 2.75) is 40.2 Å². The van der Waals surface area contributed by atoms with Gasteiger partial charge in [-0.15, -0.1) is 0 Å². The van der Waals surface area contributed by atoms with Crippen molar-refractivity contribution in [2.75, 3.05) is 6.54 Å². The summed E-state index contributed by atoms with van der Waals surface area (Å²) in [5, 5.41) is 3.36. The molecule has 0 bridgehead atoms. The Kier molecular flexibility index (Phi) is 5.73. The standard InChI is InChI=1S/C15H23F2N/c1-5-8-18-15(11(4)10(2)3)13-7-6-12(16)9-14(13)17/h6-7,9-11,15,18H,5,8H2,1-4H3. The topological polar surface area (TPSA) is 12.0 Å². The third kappa shape index (κ3) is 3.77. The Hall–Kier alpha value is -0.960. The molecule has 102 valence electrons. The molecule has 0 aliphatic heterocycles. The molecule has 0 heterocycles. The Morgan fingerprint density at radius 1 is 1.17 bits per heavy atom. The van der Waals surface area contributed by atoms with Gasteiger partial charge in [0.25, 0.3) is 0 Å².